The summed E-state index contributed by atoms with van der Waals surface area (Å²) in [6, 6.07) is 0.242. The van der Waals surface area contributed by atoms with Gasteiger partial charge in [-0.2, -0.15) is 0 Å². The molecule has 0 fully saturated rings. The average Bonchev–Trinajstić information content (AvgIpc) is 2.23. The zero-order valence-electron chi connectivity index (χ0n) is 12.9. The quantitative estimate of drug-likeness (QED) is 0.591. The second-order valence-corrected chi connectivity index (χ2v) is 5.55. The van der Waals surface area contributed by atoms with Crippen molar-refractivity contribution in [2.75, 3.05) is 40.3 Å². The maximum absolute atomic E-state index is 11.5. The molecule has 1 unspecified atom stereocenters. The van der Waals surface area contributed by atoms with E-state index in [4.69, 9.17) is 4.74 Å². The van der Waals surface area contributed by atoms with Gasteiger partial charge in [-0.05, 0) is 33.9 Å². The van der Waals surface area contributed by atoms with Crippen molar-refractivity contribution in [3.05, 3.63) is 0 Å². The lowest BCUT2D eigenvalue weighted by atomic mass is 10.1. The van der Waals surface area contributed by atoms with Crippen molar-refractivity contribution in [1.82, 2.24) is 9.80 Å². The SMILES string of the molecule is CCOC(=O)CC(C)N(CCN(C)C)CC(C)C. The van der Waals surface area contributed by atoms with Gasteiger partial charge in [0.25, 0.3) is 0 Å². The topological polar surface area (TPSA) is 32.8 Å². The average molecular weight is 258 g/mol. The highest BCUT2D eigenvalue weighted by molar-refractivity contribution is 5.70. The van der Waals surface area contributed by atoms with Crippen molar-refractivity contribution in [2.45, 2.75) is 40.2 Å². The van der Waals surface area contributed by atoms with Gasteiger partial charge in [-0.15, -0.1) is 0 Å². The Morgan fingerprint density at radius 1 is 1.17 bits per heavy atom. The molecular formula is C14H30N2O2. The van der Waals surface area contributed by atoms with Crippen LogP contribution in [0.4, 0.5) is 0 Å². The summed E-state index contributed by atoms with van der Waals surface area (Å²) < 4.78 is 5.02. The van der Waals surface area contributed by atoms with Gasteiger partial charge in [0, 0.05) is 25.7 Å². The van der Waals surface area contributed by atoms with E-state index < -0.39 is 0 Å². The maximum atomic E-state index is 11.5. The van der Waals surface area contributed by atoms with Crippen LogP contribution in [0.2, 0.25) is 0 Å². The zero-order valence-corrected chi connectivity index (χ0v) is 12.9. The normalized spacial score (nSPS) is 13.4. The summed E-state index contributed by atoms with van der Waals surface area (Å²) in [5, 5.41) is 0. The highest BCUT2D eigenvalue weighted by Gasteiger charge is 2.18. The van der Waals surface area contributed by atoms with Crippen molar-refractivity contribution in [3.8, 4) is 0 Å². The first-order valence-electron chi connectivity index (χ1n) is 6.91. The van der Waals surface area contributed by atoms with E-state index in [0.717, 1.165) is 19.6 Å². The van der Waals surface area contributed by atoms with Crippen LogP contribution in [0.15, 0.2) is 0 Å². The van der Waals surface area contributed by atoms with Gasteiger partial charge in [-0.1, -0.05) is 13.8 Å². The molecule has 0 aromatic heterocycles. The zero-order chi connectivity index (χ0) is 14.1. The monoisotopic (exact) mass is 258 g/mol. The molecule has 0 bridgehead atoms. The fourth-order valence-electron chi connectivity index (χ4n) is 1.88. The molecule has 4 nitrogen and oxygen atoms in total. The summed E-state index contributed by atoms with van der Waals surface area (Å²) in [4.78, 5) is 16.1. The molecule has 0 rings (SSSR count). The van der Waals surface area contributed by atoms with Gasteiger partial charge >= 0.3 is 5.97 Å². The van der Waals surface area contributed by atoms with Crippen LogP contribution in [-0.2, 0) is 9.53 Å². The van der Waals surface area contributed by atoms with Crippen LogP contribution >= 0.6 is 0 Å². The molecule has 18 heavy (non-hydrogen) atoms. The molecular weight excluding hydrogens is 228 g/mol. The van der Waals surface area contributed by atoms with Crippen LogP contribution in [0, 0.1) is 5.92 Å². The molecule has 0 aliphatic carbocycles. The number of hydrogen-bond acceptors (Lipinski definition) is 4. The molecule has 0 radical (unpaired) electrons. The highest BCUT2D eigenvalue weighted by Crippen LogP contribution is 2.08. The van der Waals surface area contributed by atoms with Gasteiger partial charge in [0.05, 0.1) is 13.0 Å². The second-order valence-electron chi connectivity index (χ2n) is 5.55. The van der Waals surface area contributed by atoms with E-state index in [2.05, 4.69) is 44.7 Å². The Hall–Kier alpha value is -0.610. The number of rotatable bonds is 9. The Kier molecular flexibility index (Phi) is 9.02. The molecule has 1 atom stereocenters. The first kappa shape index (κ1) is 17.4. The summed E-state index contributed by atoms with van der Waals surface area (Å²) in [7, 11) is 4.15. The van der Waals surface area contributed by atoms with E-state index in [1.54, 1.807) is 0 Å². The summed E-state index contributed by atoms with van der Waals surface area (Å²) in [6.07, 6.45) is 0.480. The fourth-order valence-corrected chi connectivity index (χ4v) is 1.88. The lowest BCUT2D eigenvalue weighted by Crippen LogP contribution is -2.41. The van der Waals surface area contributed by atoms with E-state index in [0.29, 0.717) is 18.9 Å². The minimum atomic E-state index is -0.0939. The third-order valence-electron chi connectivity index (χ3n) is 2.82. The van der Waals surface area contributed by atoms with Crippen LogP contribution in [0.25, 0.3) is 0 Å². The van der Waals surface area contributed by atoms with E-state index in [1.807, 2.05) is 6.92 Å². The van der Waals surface area contributed by atoms with Crippen LogP contribution < -0.4 is 0 Å². The molecule has 0 aliphatic heterocycles. The van der Waals surface area contributed by atoms with Gasteiger partial charge in [0.15, 0.2) is 0 Å². The molecule has 0 aromatic carbocycles. The number of carbonyl (C=O) groups is 1. The van der Waals surface area contributed by atoms with Crippen molar-refractivity contribution in [2.24, 2.45) is 5.92 Å². The molecule has 0 saturated carbocycles. The number of carbonyl (C=O) groups excluding carboxylic acids is 1. The molecule has 0 saturated heterocycles. The van der Waals surface area contributed by atoms with Gasteiger partial charge in [-0.25, -0.2) is 0 Å². The minimum absolute atomic E-state index is 0.0939. The molecule has 0 amide bonds. The number of ether oxygens (including phenoxy) is 1. The molecule has 0 aromatic rings. The fraction of sp³-hybridized carbons (Fsp3) is 0.929. The van der Waals surface area contributed by atoms with E-state index in [1.165, 1.54) is 0 Å². The maximum Gasteiger partial charge on any atom is 0.307 e. The van der Waals surface area contributed by atoms with Crippen LogP contribution in [0.5, 0.6) is 0 Å². The highest BCUT2D eigenvalue weighted by atomic mass is 16.5. The van der Waals surface area contributed by atoms with E-state index in [-0.39, 0.29) is 12.0 Å². The van der Waals surface area contributed by atoms with Gasteiger partial charge in [0.1, 0.15) is 0 Å². The Morgan fingerprint density at radius 3 is 2.22 bits per heavy atom. The van der Waals surface area contributed by atoms with Gasteiger partial charge in [0.2, 0.25) is 0 Å². The first-order chi connectivity index (χ1) is 8.36. The van der Waals surface area contributed by atoms with Gasteiger partial charge in [-0.3, -0.25) is 9.69 Å². The summed E-state index contributed by atoms with van der Waals surface area (Å²) in [5.74, 6) is 0.514. The Labute approximate surface area is 112 Å². The lowest BCUT2D eigenvalue weighted by Gasteiger charge is -2.31. The standard InChI is InChI=1S/C14H30N2O2/c1-7-18-14(17)10-13(4)16(11-12(2)3)9-8-15(5)6/h12-13H,7-11H2,1-6H3. The molecule has 0 spiro atoms. The predicted octanol–water partition coefficient (Wildman–Crippen LogP) is 1.85. The molecule has 0 heterocycles. The Morgan fingerprint density at radius 2 is 1.78 bits per heavy atom. The lowest BCUT2D eigenvalue weighted by molar-refractivity contribution is -0.144. The Bertz CT molecular complexity index is 230. The van der Waals surface area contributed by atoms with Crippen molar-refractivity contribution in [3.63, 3.8) is 0 Å². The largest absolute Gasteiger partial charge is 0.466 e. The van der Waals surface area contributed by atoms with E-state index in [9.17, 15) is 4.79 Å². The Balaban J connectivity index is 4.29. The van der Waals surface area contributed by atoms with Crippen molar-refractivity contribution >= 4 is 5.97 Å². The summed E-state index contributed by atoms with van der Waals surface area (Å²) >= 11 is 0. The van der Waals surface area contributed by atoms with Crippen molar-refractivity contribution in [1.29, 1.82) is 0 Å². The van der Waals surface area contributed by atoms with Crippen LogP contribution in [0.3, 0.4) is 0 Å². The third kappa shape index (κ3) is 8.48. The third-order valence-corrected chi connectivity index (χ3v) is 2.82. The van der Waals surface area contributed by atoms with Crippen molar-refractivity contribution < 1.29 is 9.53 Å². The number of likely N-dealkylation sites (N-methyl/N-ethyl adjacent to an activating group) is 1. The molecule has 108 valence electrons. The smallest absolute Gasteiger partial charge is 0.307 e. The van der Waals surface area contributed by atoms with E-state index >= 15 is 0 Å². The molecule has 4 heteroatoms. The minimum Gasteiger partial charge on any atom is -0.466 e. The molecule has 0 aliphatic rings. The number of esters is 1. The number of nitrogens with zero attached hydrogens (tertiary/aromatic N) is 2. The first-order valence-corrected chi connectivity index (χ1v) is 6.91. The predicted molar refractivity (Wildman–Crippen MR) is 75.7 cm³/mol. The summed E-state index contributed by atoms with van der Waals surface area (Å²) in [6.45, 7) is 11.9. The molecule has 0 N–H and O–H groups in total. The van der Waals surface area contributed by atoms with Gasteiger partial charge < -0.3 is 9.64 Å². The number of hydrogen-bond donors (Lipinski definition) is 0. The second kappa shape index (κ2) is 9.34. The summed E-state index contributed by atoms with van der Waals surface area (Å²) in [5.41, 5.74) is 0. The van der Waals surface area contributed by atoms with Crippen LogP contribution in [-0.4, -0.2) is 62.1 Å². The van der Waals surface area contributed by atoms with Crippen LogP contribution in [0.1, 0.15) is 34.1 Å².